The Hall–Kier alpha value is -1.34. The third kappa shape index (κ3) is 3.83. The molecule has 0 saturated carbocycles. The summed E-state index contributed by atoms with van der Waals surface area (Å²) in [7, 11) is 1.67. The summed E-state index contributed by atoms with van der Waals surface area (Å²) < 4.78 is 42.3. The molecule has 4 nitrogen and oxygen atoms in total. The Morgan fingerprint density at radius 2 is 1.90 bits per heavy atom. The van der Waals surface area contributed by atoms with Crippen LogP contribution in [-0.4, -0.2) is 56.3 Å². The lowest BCUT2D eigenvalue weighted by atomic mass is 10.2. The number of aromatic nitrogens is 1. The molecule has 20 heavy (non-hydrogen) atoms. The Morgan fingerprint density at radius 1 is 1.20 bits per heavy atom. The van der Waals surface area contributed by atoms with E-state index < -0.39 is 11.9 Å². The van der Waals surface area contributed by atoms with Crippen molar-refractivity contribution in [3.63, 3.8) is 0 Å². The van der Waals surface area contributed by atoms with Crippen LogP contribution in [-0.2, 0) is 10.9 Å². The van der Waals surface area contributed by atoms with Gasteiger partial charge in [-0.2, -0.15) is 13.2 Å². The predicted molar refractivity (Wildman–Crippen MR) is 69.8 cm³/mol. The van der Waals surface area contributed by atoms with Gasteiger partial charge in [0.1, 0.15) is 5.69 Å². The molecule has 0 aliphatic carbocycles. The molecule has 2 rings (SSSR count). The summed E-state index contributed by atoms with van der Waals surface area (Å²) in [5, 5.41) is 0. The van der Waals surface area contributed by atoms with Crippen LogP contribution in [0.1, 0.15) is 5.69 Å². The average molecular weight is 289 g/mol. The summed E-state index contributed by atoms with van der Waals surface area (Å²) in [4.78, 5) is 7.82. The molecule has 1 aliphatic heterocycles. The average Bonchev–Trinajstić information content (AvgIpc) is 2.45. The van der Waals surface area contributed by atoms with E-state index >= 15 is 0 Å². The first kappa shape index (κ1) is 15.1. The maximum atomic E-state index is 12.4. The molecule has 0 spiro atoms. The van der Waals surface area contributed by atoms with Gasteiger partial charge in [-0.05, 0) is 12.1 Å². The number of alkyl halides is 3. The molecular weight excluding hydrogens is 271 g/mol. The van der Waals surface area contributed by atoms with Crippen molar-refractivity contribution in [3.8, 4) is 0 Å². The summed E-state index contributed by atoms with van der Waals surface area (Å²) in [6.45, 7) is 4.92. The summed E-state index contributed by atoms with van der Waals surface area (Å²) in [6, 6.07) is 2.52. The number of pyridine rings is 1. The molecule has 2 heterocycles. The Bertz CT molecular complexity index is 414. The van der Waals surface area contributed by atoms with Gasteiger partial charge in [-0.1, -0.05) is 0 Å². The number of ether oxygens (including phenoxy) is 1. The van der Waals surface area contributed by atoms with Crippen molar-refractivity contribution in [3.05, 3.63) is 24.0 Å². The van der Waals surface area contributed by atoms with Gasteiger partial charge >= 0.3 is 6.18 Å². The van der Waals surface area contributed by atoms with Crippen LogP contribution in [0, 0.1) is 0 Å². The normalized spacial score (nSPS) is 17.5. The van der Waals surface area contributed by atoms with Crippen molar-refractivity contribution < 1.29 is 17.9 Å². The molecule has 0 amide bonds. The van der Waals surface area contributed by atoms with E-state index in [0.717, 1.165) is 44.5 Å². The molecule has 0 bridgehead atoms. The quantitative estimate of drug-likeness (QED) is 0.846. The van der Waals surface area contributed by atoms with Crippen LogP contribution in [0.2, 0.25) is 0 Å². The smallest absolute Gasteiger partial charge is 0.383 e. The predicted octanol–water partition coefficient (Wildman–Crippen LogP) is 1.87. The SMILES string of the molecule is COCCN1CCN(c2ccc(C(F)(F)F)nc2)CC1. The van der Waals surface area contributed by atoms with Crippen LogP contribution in [0.3, 0.4) is 0 Å². The number of rotatable bonds is 4. The van der Waals surface area contributed by atoms with Crippen molar-refractivity contribution >= 4 is 5.69 Å². The van der Waals surface area contributed by atoms with Gasteiger partial charge in [0.2, 0.25) is 0 Å². The van der Waals surface area contributed by atoms with E-state index in [0.29, 0.717) is 6.61 Å². The minimum absolute atomic E-state index is 0.696. The molecule has 0 aromatic carbocycles. The lowest BCUT2D eigenvalue weighted by Gasteiger charge is -2.35. The summed E-state index contributed by atoms with van der Waals surface area (Å²) in [5.41, 5.74) is -0.107. The second-order valence-electron chi connectivity index (χ2n) is 4.72. The summed E-state index contributed by atoms with van der Waals surface area (Å²) in [5.74, 6) is 0. The molecule has 0 atom stereocenters. The van der Waals surface area contributed by atoms with Crippen molar-refractivity contribution in [2.75, 3.05) is 51.3 Å². The van der Waals surface area contributed by atoms with Crippen LogP contribution < -0.4 is 4.90 Å². The van der Waals surface area contributed by atoms with Crippen LogP contribution in [0.25, 0.3) is 0 Å². The Morgan fingerprint density at radius 3 is 2.40 bits per heavy atom. The van der Waals surface area contributed by atoms with E-state index in [1.807, 2.05) is 0 Å². The fourth-order valence-corrected chi connectivity index (χ4v) is 2.19. The number of anilines is 1. The van der Waals surface area contributed by atoms with Gasteiger partial charge in [-0.15, -0.1) is 0 Å². The lowest BCUT2D eigenvalue weighted by molar-refractivity contribution is -0.141. The highest BCUT2D eigenvalue weighted by Gasteiger charge is 2.32. The second-order valence-corrected chi connectivity index (χ2v) is 4.72. The third-order valence-electron chi connectivity index (χ3n) is 3.39. The third-order valence-corrected chi connectivity index (χ3v) is 3.39. The summed E-state index contributed by atoms with van der Waals surface area (Å²) >= 11 is 0. The highest BCUT2D eigenvalue weighted by atomic mass is 19.4. The Labute approximate surface area is 116 Å². The summed E-state index contributed by atoms with van der Waals surface area (Å²) in [6.07, 6.45) is -3.08. The molecule has 0 radical (unpaired) electrons. The highest BCUT2D eigenvalue weighted by Crippen LogP contribution is 2.28. The molecule has 0 unspecified atom stereocenters. The standard InChI is InChI=1S/C13H18F3N3O/c1-20-9-8-18-4-6-19(7-5-18)11-2-3-12(17-10-11)13(14,15)16/h2-3,10H,4-9H2,1H3. The van der Waals surface area contributed by atoms with E-state index in [1.54, 1.807) is 7.11 Å². The van der Waals surface area contributed by atoms with Gasteiger partial charge in [0.05, 0.1) is 18.5 Å². The number of piperazine rings is 1. The molecule has 112 valence electrons. The van der Waals surface area contributed by atoms with Gasteiger partial charge in [0.15, 0.2) is 0 Å². The second kappa shape index (κ2) is 6.41. The molecule has 7 heteroatoms. The van der Waals surface area contributed by atoms with E-state index in [2.05, 4.69) is 14.8 Å². The lowest BCUT2D eigenvalue weighted by Crippen LogP contribution is -2.47. The van der Waals surface area contributed by atoms with Crippen LogP contribution in [0.5, 0.6) is 0 Å². The number of halogens is 3. The van der Waals surface area contributed by atoms with E-state index in [9.17, 15) is 13.2 Å². The van der Waals surface area contributed by atoms with Crippen LogP contribution >= 0.6 is 0 Å². The maximum Gasteiger partial charge on any atom is 0.433 e. The van der Waals surface area contributed by atoms with Gasteiger partial charge in [0, 0.05) is 39.8 Å². The zero-order valence-electron chi connectivity index (χ0n) is 11.4. The number of hydrogen-bond donors (Lipinski definition) is 0. The van der Waals surface area contributed by atoms with Gasteiger partial charge in [-0.3, -0.25) is 4.90 Å². The first-order valence-electron chi connectivity index (χ1n) is 6.50. The maximum absolute atomic E-state index is 12.4. The Balaban J connectivity index is 1.90. The fraction of sp³-hybridized carbons (Fsp3) is 0.615. The van der Waals surface area contributed by atoms with E-state index in [4.69, 9.17) is 4.74 Å². The zero-order valence-corrected chi connectivity index (χ0v) is 11.4. The largest absolute Gasteiger partial charge is 0.433 e. The number of hydrogen-bond acceptors (Lipinski definition) is 4. The monoisotopic (exact) mass is 289 g/mol. The Kier molecular flexibility index (Phi) is 4.82. The van der Waals surface area contributed by atoms with Crippen molar-refractivity contribution in [1.82, 2.24) is 9.88 Å². The number of methoxy groups -OCH3 is 1. The van der Waals surface area contributed by atoms with Gasteiger partial charge < -0.3 is 9.64 Å². The van der Waals surface area contributed by atoms with Crippen LogP contribution in [0.4, 0.5) is 18.9 Å². The molecule has 1 aromatic rings. The molecule has 1 fully saturated rings. The molecule has 1 aliphatic rings. The van der Waals surface area contributed by atoms with Crippen LogP contribution in [0.15, 0.2) is 18.3 Å². The first-order chi connectivity index (χ1) is 9.50. The van der Waals surface area contributed by atoms with Crippen molar-refractivity contribution in [2.45, 2.75) is 6.18 Å². The minimum atomic E-state index is -4.38. The van der Waals surface area contributed by atoms with E-state index in [-0.39, 0.29) is 0 Å². The molecular formula is C13H18F3N3O. The van der Waals surface area contributed by atoms with Gasteiger partial charge in [-0.25, -0.2) is 4.98 Å². The molecule has 0 N–H and O–H groups in total. The topological polar surface area (TPSA) is 28.6 Å². The zero-order chi connectivity index (χ0) is 14.6. The molecule has 1 saturated heterocycles. The minimum Gasteiger partial charge on any atom is -0.383 e. The number of nitrogens with zero attached hydrogens (tertiary/aromatic N) is 3. The fourth-order valence-electron chi connectivity index (χ4n) is 2.19. The van der Waals surface area contributed by atoms with E-state index in [1.165, 1.54) is 12.3 Å². The van der Waals surface area contributed by atoms with Gasteiger partial charge in [0.25, 0.3) is 0 Å². The first-order valence-corrected chi connectivity index (χ1v) is 6.50. The van der Waals surface area contributed by atoms with Crippen molar-refractivity contribution in [1.29, 1.82) is 0 Å². The van der Waals surface area contributed by atoms with Crippen molar-refractivity contribution in [2.24, 2.45) is 0 Å². The molecule has 1 aromatic heterocycles. The highest BCUT2D eigenvalue weighted by molar-refractivity contribution is 5.45.